The monoisotopic (exact) mass is 458 g/mol. The van der Waals surface area contributed by atoms with Gasteiger partial charge in [0, 0.05) is 12.1 Å². The lowest BCUT2D eigenvalue weighted by atomic mass is 10.1. The molecule has 0 spiro atoms. The topological polar surface area (TPSA) is 86.1 Å². The summed E-state index contributed by atoms with van der Waals surface area (Å²) in [6.45, 7) is 4.40. The van der Waals surface area contributed by atoms with E-state index < -0.39 is 0 Å². The maximum Gasteiger partial charge on any atom is 0.253 e. The van der Waals surface area contributed by atoms with Gasteiger partial charge in [-0.2, -0.15) is 0 Å². The number of methoxy groups -OCH3 is 1. The highest BCUT2D eigenvalue weighted by Gasteiger charge is 2.21. The summed E-state index contributed by atoms with van der Waals surface area (Å²) in [5.74, 6) is 1.24. The van der Waals surface area contributed by atoms with Crippen LogP contribution in [0.25, 0.3) is 0 Å². The van der Waals surface area contributed by atoms with Crippen LogP contribution in [0.15, 0.2) is 53.7 Å². The molecule has 0 saturated carbocycles. The molecule has 0 radical (unpaired) electrons. The van der Waals surface area contributed by atoms with Crippen LogP contribution in [-0.2, 0) is 6.54 Å². The smallest absolute Gasteiger partial charge is 0.253 e. The van der Waals surface area contributed by atoms with Crippen molar-refractivity contribution in [1.29, 1.82) is 0 Å². The van der Waals surface area contributed by atoms with Gasteiger partial charge >= 0.3 is 0 Å². The number of ketones is 1. The number of Topliss-reactive ketones (excluding diaryl/α,β-unsaturated/α-hetero) is 1. The van der Waals surface area contributed by atoms with Crippen molar-refractivity contribution in [2.45, 2.75) is 31.6 Å². The molecule has 9 heteroatoms. The molecular formula is C22H23ClN4O3S. The zero-order valence-corrected chi connectivity index (χ0v) is 19.0. The van der Waals surface area contributed by atoms with Crippen molar-refractivity contribution in [3.63, 3.8) is 0 Å². The Bertz CT molecular complexity index is 1070. The molecule has 0 bridgehead atoms. The quantitative estimate of drug-likeness (QED) is 0.377. The fourth-order valence-corrected chi connectivity index (χ4v) is 4.12. The van der Waals surface area contributed by atoms with E-state index in [0.29, 0.717) is 39.4 Å². The summed E-state index contributed by atoms with van der Waals surface area (Å²) >= 11 is 7.43. The zero-order valence-electron chi connectivity index (χ0n) is 17.5. The van der Waals surface area contributed by atoms with E-state index in [9.17, 15) is 9.59 Å². The minimum atomic E-state index is -0.386. The molecule has 7 nitrogen and oxygen atoms in total. The second-order valence-corrected chi connectivity index (χ2v) is 8.05. The first-order chi connectivity index (χ1) is 14.9. The molecule has 1 atom stereocenters. The molecule has 0 aliphatic rings. The number of hydrogen-bond acceptors (Lipinski definition) is 6. The van der Waals surface area contributed by atoms with E-state index in [1.807, 2.05) is 18.4 Å². The number of carbonyl (C=O) groups is 2. The van der Waals surface area contributed by atoms with Crippen molar-refractivity contribution in [2.24, 2.45) is 0 Å². The maximum absolute atomic E-state index is 12.6. The molecule has 31 heavy (non-hydrogen) atoms. The lowest BCUT2D eigenvalue weighted by Crippen LogP contribution is -2.29. The van der Waals surface area contributed by atoms with Crippen molar-refractivity contribution < 1.29 is 14.3 Å². The molecule has 1 amide bonds. The Labute approximate surface area is 190 Å². The number of rotatable bonds is 9. The molecule has 1 aromatic heterocycles. The number of ether oxygens (including phenoxy) is 1. The number of hydrogen-bond donors (Lipinski definition) is 1. The molecule has 2 aromatic carbocycles. The molecule has 0 aliphatic heterocycles. The van der Waals surface area contributed by atoms with Gasteiger partial charge in [-0.05, 0) is 50.2 Å². The van der Waals surface area contributed by atoms with Crippen LogP contribution in [-0.4, -0.2) is 39.3 Å². The largest absolute Gasteiger partial charge is 0.497 e. The second-order valence-electron chi connectivity index (χ2n) is 6.70. The van der Waals surface area contributed by atoms with Crippen molar-refractivity contribution >= 4 is 35.1 Å². The van der Waals surface area contributed by atoms with Gasteiger partial charge < -0.3 is 14.6 Å². The van der Waals surface area contributed by atoms with Crippen molar-refractivity contribution in [3.8, 4) is 5.75 Å². The molecule has 162 valence electrons. The Morgan fingerprint density at radius 2 is 1.87 bits per heavy atom. The molecule has 0 fully saturated rings. The molecular weight excluding hydrogens is 436 g/mol. The number of nitrogens with one attached hydrogen (secondary N) is 1. The van der Waals surface area contributed by atoms with Gasteiger partial charge in [-0.15, -0.1) is 10.2 Å². The van der Waals surface area contributed by atoms with Gasteiger partial charge in [0.25, 0.3) is 5.91 Å². The van der Waals surface area contributed by atoms with Crippen LogP contribution >= 0.6 is 23.4 Å². The van der Waals surface area contributed by atoms with Crippen molar-refractivity contribution in [2.75, 3.05) is 12.9 Å². The van der Waals surface area contributed by atoms with Crippen molar-refractivity contribution in [1.82, 2.24) is 20.1 Å². The molecule has 0 unspecified atom stereocenters. The summed E-state index contributed by atoms with van der Waals surface area (Å²) in [7, 11) is 1.58. The Kier molecular flexibility index (Phi) is 7.70. The van der Waals surface area contributed by atoms with Crippen LogP contribution in [0.5, 0.6) is 5.75 Å². The van der Waals surface area contributed by atoms with Gasteiger partial charge in [0.15, 0.2) is 16.8 Å². The number of benzene rings is 2. The number of thioether (sulfide) groups is 1. The second kappa shape index (κ2) is 10.5. The summed E-state index contributed by atoms with van der Waals surface area (Å²) in [5, 5.41) is 12.4. The van der Waals surface area contributed by atoms with Gasteiger partial charge in [-0.3, -0.25) is 9.59 Å². The third-order valence-electron chi connectivity index (χ3n) is 4.66. The molecule has 0 saturated heterocycles. The van der Waals surface area contributed by atoms with Gasteiger partial charge in [-0.1, -0.05) is 35.5 Å². The Hall–Kier alpha value is -2.84. The lowest BCUT2D eigenvalue weighted by Gasteiger charge is -2.15. The van der Waals surface area contributed by atoms with E-state index in [-0.39, 0.29) is 23.5 Å². The average Bonchev–Trinajstić information content (AvgIpc) is 3.20. The van der Waals surface area contributed by atoms with Crippen LogP contribution < -0.4 is 10.1 Å². The first kappa shape index (κ1) is 22.8. The predicted molar refractivity (Wildman–Crippen MR) is 121 cm³/mol. The summed E-state index contributed by atoms with van der Waals surface area (Å²) in [6.07, 6.45) is 0. The number of aromatic nitrogens is 3. The van der Waals surface area contributed by atoms with E-state index in [1.54, 1.807) is 55.6 Å². The fourth-order valence-electron chi connectivity index (χ4n) is 3.00. The fraction of sp³-hybridized carbons (Fsp3) is 0.273. The van der Waals surface area contributed by atoms with E-state index in [1.165, 1.54) is 11.8 Å². The SMILES string of the molecule is CCn1c(SCC(=O)c2ccc(OC)cc2)nnc1[C@@H](C)NC(=O)c1ccccc1Cl. The third-order valence-corrected chi connectivity index (χ3v) is 5.96. The van der Waals surface area contributed by atoms with Gasteiger partial charge in [0.05, 0.1) is 29.5 Å². The Morgan fingerprint density at radius 3 is 2.52 bits per heavy atom. The standard InChI is InChI=1S/C22H23ClN4O3S/c1-4-27-20(14(2)24-21(29)17-7-5-6-8-18(17)23)25-26-22(27)31-13-19(28)15-9-11-16(30-3)12-10-15/h5-12,14H,4,13H2,1-3H3,(H,24,29)/t14-/m1/s1. The first-order valence-corrected chi connectivity index (χ1v) is 11.1. The first-order valence-electron chi connectivity index (χ1n) is 9.73. The normalized spacial score (nSPS) is 11.7. The maximum atomic E-state index is 12.6. The summed E-state index contributed by atoms with van der Waals surface area (Å²) < 4.78 is 7.01. The lowest BCUT2D eigenvalue weighted by molar-refractivity contribution is 0.0937. The van der Waals surface area contributed by atoms with Gasteiger partial charge in [0.2, 0.25) is 0 Å². The number of amides is 1. The average molecular weight is 459 g/mol. The Morgan fingerprint density at radius 1 is 1.16 bits per heavy atom. The molecule has 3 aromatic rings. The highest BCUT2D eigenvalue weighted by molar-refractivity contribution is 7.99. The summed E-state index contributed by atoms with van der Waals surface area (Å²) in [5.41, 5.74) is 1.01. The van der Waals surface area contributed by atoms with E-state index in [0.717, 1.165) is 0 Å². The van der Waals surface area contributed by atoms with Crippen LogP contribution in [0.3, 0.4) is 0 Å². The highest BCUT2D eigenvalue weighted by Crippen LogP contribution is 2.23. The minimum Gasteiger partial charge on any atom is -0.497 e. The number of carbonyl (C=O) groups excluding carboxylic acids is 2. The van der Waals surface area contributed by atoms with E-state index in [4.69, 9.17) is 16.3 Å². The number of halogens is 1. The van der Waals surface area contributed by atoms with Crippen LogP contribution in [0, 0.1) is 0 Å². The zero-order chi connectivity index (χ0) is 22.4. The van der Waals surface area contributed by atoms with E-state index in [2.05, 4.69) is 15.5 Å². The van der Waals surface area contributed by atoms with Crippen LogP contribution in [0.1, 0.15) is 46.4 Å². The third kappa shape index (κ3) is 5.45. The van der Waals surface area contributed by atoms with Gasteiger partial charge in [-0.25, -0.2) is 0 Å². The predicted octanol–water partition coefficient (Wildman–Crippen LogP) is 4.43. The molecule has 3 rings (SSSR count). The number of nitrogens with zero attached hydrogens (tertiary/aromatic N) is 3. The summed E-state index contributed by atoms with van der Waals surface area (Å²) in [4.78, 5) is 25.1. The Balaban J connectivity index is 1.67. The summed E-state index contributed by atoms with van der Waals surface area (Å²) in [6, 6.07) is 13.5. The van der Waals surface area contributed by atoms with Crippen LogP contribution in [0.2, 0.25) is 5.02 Å². The molecule has 1 N–H and O–H groups in total. The molecule has 0 aliphatic carbocycles. The minimum absolute atomic E-state index is 0.0140. The molecule has 1 heterocycles. The van der Waals surface area contributed by atoms with E-state index >= 15 is 0 Å². The van der Waals surface area contributed by atoms with Crippen molar-refractivity contribution in [3.05, 3.63) is 70.5 Å². The van der Waals surface area contributed by atoms with Crippen LogP contribution in [0.4, 0.5) is 0 Å². The van der Waals surface area contributed by atoms with Gasteiger partial charge in [0.1, 0.15) is 5.75 Å². The highest BCUT2D eigenvalue weighted by atomic mass is 35.5.